The number of ketones is 1. The lowest BCUT2D eigenvalue weighted by Crippen LogP contribution is -2.57. The molecule has 2 aliphatic carbocycles. The van der Waals surface area contributed by atoms with E-state index in [0.29, 0.717) is 12.8 Å². The second-order valence-corrected chi connectivity index (χ2v) is 5.26. The number of rotatable bonds is 1. The van der Waals surface area contributed by atoms with Gasteiger partial charge in [-0.2, -0.15) is 0 Å². The summed E-state index contributed by atoms with van der Waals surface area (Å²) in [4.78, 5) is 35.8. The molecule has 1 saturated carbocycles. The highest BCUT2D eigenvalue weighted by Gasteiger charge is 2.36. The monoisotopic (exact) mass is 262 g/mol. The number of H-pyrrole nitrogens is 1. The van der Waals surface area contributed by atoms with Crippen LogP contribution in [0.25, 0.3) is 12.2 Å². The van der Waals surface area contributed by atoms with Gasteiger partial charge < -0.3 is 5.11 Å². The maximum absolute atomic E-state index is 12.0. The Morgan fingerprint density at radius 2 is 1.95 bits per heavy atom. The molecule has 0 bridgehead atoms. The number of aryl methyl sites for hydroxylation is 1. The highest BCUT2D eigenvalue weighted by molar-refractivity contribution is 6.11. The molecule has 6 heteroatoms. The van der Waals surface area contributed by atoms with Crippen LogP contribution in [0.15, 0.2) is 9.59 Å². The van der Waals surface area contributed by atoms with Gasteiger partial charge in [0, 0.05) is 13.0 Å². The Bertz CT molecular complexity index is 780. The Morgan fingerprint density at radius 3 is 2.58 bits per heavy atom. The molecule has 0 radical (unpaired) electrons. The van der Waals surface area contributed by atoms with Crippen molar-refractivity contribution < 1.29 is 9.90 Å². The van der Waals surface area contributed by atoms with Crippen molar-refractivity contribution in [3.05, 3.63) is 31.1 Å². The Hall–Kier alpha value is -1.95. The number of nitrogens with zero attached hydrogens (tertiary/aromatic N) is 1. The number of carbonyl (C=O) groups is 1. The van der Waals surface area contributed by atoms with Crippen LogP contribution in [0.4, 0.5) is 0 Å². The van der Waals surface area contributed by atoms with Crippen molar-refractivity contribution in [2.45, 2.75) is 18.9 Å². The molecule has 0 spiro atoms. The summed E-state index contributed by atoms with van der Waals surface area (Å²) in [6, 6.07) is 0. The third-order valence-corrected chi connectivity index (χ3v) is 3.96. The number of aromatic nitrogens is 2. The van der Waals surface area contributed by atoms with E-state index >= 15 is 0 Å². The largest absolute Gasteiger partial charge is 0.393 e. The molecule has 1 fully saturated rings. The van der Waals surface area contributed by atoms with E-state index in [9.17, 15) is 19.5 Å². The first-order chi connectivity index (χ1) is 8.97. The standard InChI is InChI=1S/C13H14N2O4/c1-15-13(19)10-5-11(17)8(6-2-7(16)3-6)4-9(10)12(18)14-15/h4-8,16H,2-3H2,1H3,(H,14,18). The molecule has 1 aromatic heterocycles. The lowest BCUT2D eigenvalue weighted by molar-refractivity contribution is -0.118. The summed E-state index contributed by atoms with van der Waals surface area (Å²) in [5.41, 5.74) is -0.753. The van der Waals surface area contributed by atoms with Gasteiger partial charge in [0.15, 0.2) is 5.78 Å². The van der Waals surface area contributed by atoms with Crippen molar-refractivity contribution in [1.29, 1.82) is 0 Å². The molecule has 1 atom stereocenters. The van der Waals surface area contributed by atoms with Crippen LogP contribution in [0.1, 0.15) is 12.8 Å². The molecule has 100 valence electrons. The summed E-state index contributed by atoms with van der Waals surface area (Å²) in [7, 11) is 1.44. The minimum absolute atomic E-state index is 0.0651. The predicted molar refractivity (Wildman–Crippen MR) is 67.7 cm³/mol. The summed E-state index contributed by atoms with van der Waals surface area (Å²) in [6.45, 7) is 0. The van der Waals surface area contributed by atoms with E-state index in [2.05, 4.69) is 5.10 Å². The van der Waals surface area contributed by atoms with Gasteiger partial charge in [-0.15, -0.1) is 0 Å². The second-order valence-electron chi connectivity index (χ2n) is 5.26. The lowest BCUT2D eigenvalue weighted by Gasteiger charge is -2.35. The number of aliphatic hydroxyl groups excluding tert-OH is 1. The van der Waals surface area contributed by atoms with Gasteiger partial charge in [-0.1, -0.05) is 6.08 Å². The van der Waals surface area contributed by atoms with Crippen LogP contribution in [0.2, 0.25) is 0 Å². The first-order valence-corrected chi connectivity index (χ1v) is 6.22. The molecule has 0 amide bonds. The van der Waals surface area contributed by atoms with E-state index < -0.39 is 5.92 Å². The first kappa shape index (κ1) is 12.1. The Kier molecular flexibility index (Phi) is 2.56. The van der Waals surface area contributed by atoms with Gasteiger partial charge in [0.25, 0.3) is 11.1 Å². The highest BCUT2D eigenvalue weighted by atomic mass is 16.3. The average Bonchev–Trinajstić information content (AvgIpc) is 2.32. The SMILES string of the molecule is Cn1[nH]c(=O)c2c(c1=O)=CC(=O)C(C1CC(O)C1)C=2. The van der Waals surface area contributed by atoms with Crippen LogP contribution in [0.5, 0.6) is 0 Å². The number of fused-ring (bicyclic) bond motifs is 1. The molecular weight excluding hydrogens is 248 g/mol. The third-order valence-electron chi connectivity index (χ3n) is 3.96. The maximum atomic E-state index is 12.0. The summed E-state index contributed by atoms with van der Waals surface area (Å²) < 4.78 is 1.08. The average molecular weight is 262 g/mol. The topological polar surface area (TPSA) is 92.2 Å². The van der Waals surface area contributed by atoms with Crippen LogP contribution in [-0.2, 0) is 11.8 Å². The van der Waals surface area contributed by atoms with Crippen molar-refractivity contribution in [1.82, 2.24) is 9.78 Å². The summed E-state index contributed by atoms with van der Waals surface area (Å²) in [5.74, 6) is -0.494. The van der Waals surface area contributed by atoms with E-state index in [1.165, 1.54) is 13.1 Å². The normalized spacial score (nSPS) is 28.9. The zero-order valence-electron chi connectivity index (χ0n) is 10.4. The molecule has 1 aromatic rings. The zero-order valence-corrected chi connectivity index (χ0v) is 10.4. The van der Waals surface area contributed by atoms with E-state index in [4.69, 9.17) is 0 Å². The van der Waals surface area contributed by atoms with E-state index in [1.807, 2.05) is 0 Å². The number of aliphatic hydroxyl groups is 1. The Labute approximate surface area is 107 Å². The van der Waals surface area contributed by atoms with Crippen molar-refractivity contribution >= 4 is 17.9 Å². The van der Waals surface area contributed by atoms with E-state index in [0.717, 1.165) is 4.68 Å². The van der Waals surface area contributed by atoms with Gasteiger partial charge in [0.1, 0.15) is 0 Å². The number of hydrogen-bond acceptors (Lipinski definition) is 4. The number of Topliss-reactive ketones (excluding diaryl/α,β-unsaturated/α-hetero) is 1. The van der Waals surface area contributed by atoms with Gasteiger partial charge in [-0.3, -0.25) is 24.2 Å². The number of aromatic amines is 1. The van der Waals surface area contributed by atoms with Gasteiger partial charge in [0.05, 0.1) is 16.5 Å². The molecule has 0 aliphatic heterocycles. The molecular formula is C13H14N2O4. The Morgan fingerprint density at radius 1 is 1.26 bits per heavy atom. The quantitative estimate of drug-likeness (QED) is 0.590. The number of nitrogens with one attached hydrogen (secondary N) is 1. The Balaban J connectivity index is 2.20. The van der Waals surface area contributed by atoms with Crippen LogP contribution in [0.3, 0.4) is 0 Å². The van der Waals surface area contributed by atoms with Crippen molar-refractivity contribution in [2.75, 3.05) is 0 Å². The fourth-order valence-electron chi connectivity index (χ4n) is 2.78. The molecule has 1 unspecified atom stereocenters. The van der Waals surface area contributed by atoms with Gasteiger partial charge in [0.2, 0.25) is 0 Å². The zero-order chi connectivity index (χ0) is 13.7. The van der Waals surface area contributed by atoms with Crippen LogP contribution in [0, 0.1) is 11.8 Å². The maximum Gasteiger partial charge on any atom is 0.272 e. The van der Waals surface area contributed by atoms with Crippen LogP contribution >= 0.6 is 0 Å². The minimum Gasteiger partial charge on any atom is -0.393 e. The second kappa shape index (κ2) is 4.03. The lowest BCUT2D eigenvalue weighted by atomic mass is 9.71. The fourth-order valence-corrected chi connectivity index (χ4v) is 2.78. The molecule has 2 aliphatic rings. The van der Waals surface area contributed by atoms with Gasteiger partial charge >= 0.3 is 0 Å². The summed E-state index contributed by atoms with van der Waals surface area (Å²) in [5, 5.41) is 12.2. The molecule has 3 rings (SSSR count). The molecule has 19 heavy (non-hydrogen) atoms. The first-order valence-electron chi connectivity index (χ1n) is 6.22. The van der Waals surface area contributed by atoms with E-state index in [-0.39, 0.29) is 39.4 Å². The van der Waals surface area contributed by atoms with Crippen LogP contribution < -0.4 is 21.6 Å². The molecule has 2 N–H and O–H groups in total. The molecule has 0 aromatic carbocycles. The predicted octanol–water partition coefficient (Wildman–Crippen LogP) is -2.40. The van der Waals surface area contributed by atoms with Crippen molar-refractivity contribution in [3.8, 4) is 0 Å². The van der Waals surface area contributed by atoms with Crippen molar-refractivity contribution in [2.24, 2.45) is 18.9 Å². The number of carbonyl (C=O) groups excluding carboxylic acids is 1. The highest BCUT2D eigenvalue weighted by Crippen LogP contribution is 2.35. The van der Waals surface area contributed by atoms with Crippen molar-refractivity contribution in [3.63, 3.8) is 0 Å². The smallest absolute Gasteiger partial charge is 0.272 e. The van der Waals surface area contributed by atoms with Gasteiger partial charge in [-0.05, 0) is 24.8 Å². The summed E-state index contributed by atoms with van der Waals surface area (Å²) in [6.07, 6.45) is 3.63. The van der Waals surface area contributed by atoms with Gasteiger partial charge in [-0.25, -0.2) is 0 Å². The minimum atomic E-state index is -0.399. The van der Waals surface area contributed by atoms with E-state index in [1.54, 1.807) is 6.08 Å². The summed E-state index contributed by atoms with van der Waals surface area (Å²) >= 11 is 0. The molecule has 1 heterocycles. The number of hydrogen-bond donors (Lipinski definition) is 2. The third kappa shape index (κ3) is 1.79. The van der Waals surface area contributed by atoms with Crippen LogP contribution in [-0.4, -0.2) is 26.8 Å². The molecule has 0 saturated heterocycles. The fraction of sp³-hybridized carbons (Fsp3) is 0.462. The molecule has 6 nitrogen and oxygen atoms in total.